The van der Waals surface area contributed by atoms with Crippen LogP contribution in [0.1, 0.15) is 10.5 Å². The topological polar surface area (TPSA) is 42.0 Å². The van der Waals surface area contributed by atoms with Crippen LogP contribution in [0.25, 0.3) is 0 Å². The van der Waals surface area contributed by atoms with E-state index in [-0.39, 0.29) is 5.91 Å². The van der Waals surface area contributed by atoms with Crippen molar-refractivity contribution in [1.82, 2.24) is 4.98 Å². The fraction of sp³-hybridized carbons (Fsp3) is 0. The van der Waals surface area contributed by atoms with Crippen molar-refractivity contribution in [2.75, 3.05) is 5.32 Å². The van der Waals surface area contributed by atoms with Gasteiger partial charge in [0.05, 0.1) is 10.7 Å². The number of benzene rings is 1. The van der Waals surface area contributed by atoms with E-state index in [9.17, 15) is 4.79 Å². The number of rotatable bonds is 2. The molecule has 2 aromatic rings. The summed E-state index contributed by atoms with van der Waals surface area (Å²) >= 11 is 15.0. The molecule has 6 heteroatoms. The fourth-order valence-corrected chi connectivity index (χ4v) is 2.22. The number of hydrogen-bond donors (Lipinski definition) is 1. The molecule has 0 aliphatic rings. The second-order valence-electron chi connectivity index (χ2n) is 3.41. The number of carbonyl (C=O) groups is 1. The van der Waals surface area contributed by atoms with Crippen molar-refractivity contribution in [3.8, 4) is 0 Å². The minimum Gasteiger partial charge on any atom is -0.319 e. The molecule has 0 saturated heterocycles. The highest BCUT2D eigenvalue weighted by atomic mass is 79.9. The van der Waals surface area contributed by atoms with Gasteiger partial charge in [0.15, 0.2) is 0 Å². The summed E-state index contributed by atoms with van der Waals surface area (Å²) in [5.41, 5.74) is 0.784. The highest BCUT2D eigenvalue weighted by Gasteiger charge is 2.12. The molecule has 0 saturated carbocycles. The maximum Gasteiger partial charge on any atom is 0.275 e. The Morgan fingerprint density at radius 2 is 2.06 bits per heavy atom. The molecule has 92 valence electrons. The van der Waals surface area contributed by atoms with Crippen molar-refractivity contribution in [3.05, 3.63) is 56.7 Å². The molecule has 0 spiro atoms. The number of nitrogens with one attached hydrogen (secondary N) is 1. The van der Waals surface area contributed by atoms with E-state index in [1.54, 1.807) is 36.5 Å². The molecule has 1 N–H and O–H groups in total. The lowest BCUT2D eigenvalue weighted by molar-refractivity contribution is 0.102. The first-order valence-electron chi connectivity index (χ1n) is 4.95. The van der Waals surface area contributed by atoms with E-state index in [0.29, 0.717) is 25.9 Å². The van der Waals surface area contributed by atoms with E-state index in [1.807, 2.05) is 0 Å². The van der Waals surface area contributed by atoms with Crippen molar-refractivity contribution >= 4 is 50.7 Å². The van der Waals surface area contributed by atoms with Gasteiger partial charge in [0.2, 0.25) is 0 Å². The van der Waals surface area contributed by atoms with Crippen LogP contribution in [0.5, 0.6) is 0 Å². The molecule has 0 aliphatic heterocycles. The lowest BCUT2D eigenvalue weighted by Gasteiger charge is -2.07. The first-order valence-corrected chi connectivity index (χ1v) is 6.50. The normalized spacial score (nSPS) is 10.2. The average Bonchev–Trinajstić information content (AvgIpc) is 2.33. The number of halogens is 3. The molecule has 1 heterocycles. The minimum atomic E-state index is -0.341. The molecule has 0 aliphatic carbocycles. The van der Waals surface area contributed by atoms with Crippen LogP contribution in [0, 0.1) is 0 Å². The number of amides is 1. The van der Waals surface area contributed by atoms with Crippen LogP contribution in [0.4, 0.5) is 5.69 Å². The van der Waals surface area contributed by atoms with Gasteiger partial charge in [-0.05, 0) is 46.3 Å². The second kappa shape index (κ2) is 5.69. The molecule has 18 heavy (non-hydrogen) atoms. The summed E-state index contributed by atoms with van der Waals surface area (Å²) in [5, 5.41) is 3.56. The summed E-state index contributed by atoms with van der Waals surface area (Å²) < 4.78 is 0.618. The summed E-state index contributed by atoms with van der Waals surface area (Å²) in [6.07, 6.45) is 1.54. The van der Waals surface area contributed by atoms with E-state index >= 15 is 0 Å². The third-order valence-corrected chi connectivity index (χ3v) is 3.34. The van der Waals surface area contributed by atoms with Gasteiger partial charge in [-0.3, -0.25) is 4.79 Å². The van der Waals surface area contributed by atoms with Crippen LogP contribution in [-0.2, 0) is 0 Å². The van der Waals surface area contributed by atoms with Crippen LogP contribution in [0.2, 0.25) is 10.0 Å². The van der Waals surface area contributed by atoms with Gasteiger partial charge in [-0.15, -0.1) is 0 Å². The van der Waals surface area contributed by atoms with Crippen LogP contribution in [-0.4, -0.2) is 10.9 Å². The number of hydrogen-bond acceptors (Lipinski definition) is 2. The zero-order valence-electron chi connectivity index (χ0n) is 8.95. The molecule has 0 bridgehead atoms. The first kappa shape index (κ1) is 13.3. The number of pyridine rings is 1. The Labute approximate surface area is 122 Å². The molecule has 1 aromatic carbocycles. The Bertz CT molecular complexity index is 604. The summed E-state index contributed by atoms with van der Waals surface area (Å²) in [6.45, 7) is 0. The monoisotopic (exact) mass is 344 g/mol. The van der Waals surface area contributed by atoms with E-state index in [0.717, 1.165) is 0 Å². The van der Waals surface area contributed by atoms with E-state index in [2.05, 4.69) is 26.2 Å². The largest absolute Gasteiger partial charge is 0.319 e. The van der Waals surface area contributed by atoms with Crippen LogP contribution in [0.3, 0.4) is 0 Å². The number of nitrogens with zero attached hydrogens (tertiary/aromatic N) is 1. The lowest BCUT2D eigenvalue weighted by Crippen LogP contribution is -2.14. The zero-order valence-corrected chi connectivity index (χ0v) is 12.1. The standard InChI is InChI=1S/C12H7BrCl2N2O/c13-8-2-1-5-16-11(8)12(18)17-10-4-3-7(14)6-9(10)15/h1-6H,(H,17,18). The van der Waals surface area contributed by atoms with Gasteiger partial charge in [0.25, 0.3) is 5.91 Å². The highest BCUT2D eigenvalue weighted by Crippen LogP contribution is 2.26. The Kier molecular flexibility index (Phi) is 4.22. The Morgan fingerprint density at radius 1 is 1.28 bits per heavy atom. The molecule has 1 aromatic heterocycles. The quantitative estimate of drug-likeness (QED) is 0.876. The van der Waals surface area contributed by atoms with Crippen molar-refractivity contribution in [2.24, 2.45) is 0 Å². The summed E-state index contributed by atoms with van der Waals surface area (Å²) in [7, 11) is 0. The van der Waals surface area contributed by atoms with Gasteiger partial charge in [-0.1, -0.05) is 23.2 Å². The zero-order chi connectivity index (χ0) is 13.1. The fourth-order valence-electron chi connectivity index (χ4n) is 1.33. The molecule has 0 atom stereocenters. The number of aromatic nitrogens is 1. The average molecular weight is 346 g/mol. The Balaban J connectivity index is 2.24. The van der Waals surface area contributed by atoms with Crippen LogP contribution >= 0.6 is 39.1 Å². The molecular weight excluding hydrogens is 339 g/mol. The summed E-state index contributed by atoms with van der Waals surface area (Å²) in [6, 6.07) is 8.32. The third-order valence-electron chi connectivity index (χ3n) is 2.15. The first-order chi connectivity index (χ1) is 8.58. The molecule has 2 rings (SSSR count). The summed E-state index contributed by atoms with van der Waals surface area (Å²) in [5.74, 6) is -0.341. The van der Waals surface area contributed by atoms with Gasteiger partial charge < -0.3 is 5.32 Å². The smallest absolute Gasteiger partial charge is 0.275 e. The number of anilines is 1. The maximum absolute atomic E-state index is 12.0. The van der Waals surface area contributed by atoms with Gasteiger partial charge in [-0.25, -0.2) is 4.98 Å². The van der Waals surface area contributed by atoms with Crippen molar-refractivity contribution in [1.29, 1.82) is 0 Å². The van der Waals surface area contributed by atoms with Gasteiger partial charge in [0.1, 0.15) is 5.69 Å². The number of carbonyl (C=O) groups excluding carboxylic acids is 1. The molecular formula is C12H7BrCl2N2O. The van der Waals surface area contributed by atoms with E-state index < -0.39 is 0 Å². The van der Waals surface area contributed by atoms with Gasteiger partial charge in [-0.2, -0.15) is 0 Å². The molecule has 0 radical (unpaired) electrons. The summed E-state index contributed by atoms with van der Waals surface area (Å²) in [4.78, 5) is 16.0. The Hall–Kier alpha value is -1.10. The van der Waals surface area contributed by atoms with Crippen molar-refractivity contribution in [2.45, 2.75) is 0 Å². The molecule has 3 nitrogen and oxygen atoms in total. The van der Waals surface area contributed by atoms with Crippen LogP contribution < -0.4 is 5.32 Å². The van der Waals surface area contributed by atoms with E-state index in [4.69, 9.17) is 23.2 Å². The lowest BCUT2D eigenvalue weighted by atomic mass is 10.3. The highest BCUT2D eigenvalue weighted by molar-refractivity contribution is 9.10. The predicted octanol–water partition coefficient (Wildman–Crippen LogP) is 4.40. The SMILES string of the molecule is O=C(Nc1ccc(Cl)cc1Cl)c1ncccc1Br. The van der Waals surface area contributed by atoms with Gasteiger partial charge >= 0.3 is 0 Å². The van der Waals surface area contributed by atoms with Crippen molar-refractivity contribution in [3.63, 3.8) is 0 Å². The molecule has 1 amide bonds. The maximum atomic E-state index is 12.0. The van der Waals surface area contributed by atoms with Gasteiger partial charge in [0, 0.05) is 15.7 Å². The van der Waals surface area contributed by atoms with Crippen LogP contribution in [0.15, 0.2) is 41.0 Å². The third kappa shape index (κ3) is 3.02. The Morgan fingerprint density at radius 3 is 2.72 bits per heavy atom. The molecule has 0 unspecified atom stereocenters. The van der Waals surface area contributed by atoms with E-state index in [1.165, 1.54) is 0 Å². The van der Waals surface area contributed by atoms with Crippen molar-refractivity contribution < 1.29 is 4.79 Å². The second-order valence-corrected chi connectivity index (χ2v) is 5.11. The molecule has 0 fully saturated rings. The predicted molar refractivity (Wildman–Crippen MR) is 76.4 cm³/mol. The minimum absolute atomic E-state index is 0.295.